The number of aryl methyl sites for hydroxylation is 2. The first-order valence-corrected chi connectivity index (χ1v) is 7.45. The van der Waals surface area contributed by atoms with Crippen LogP contribution in [0, 0.1) is 25.2 Å². The molecule has 0 aliphatic rings. The Hall–Kier alpha value is -3.40. The van der Waals surface area contributed by atoms with E-state index in [4.69, 9.17) is 14.4 Å². The van der Waals surface area contributed by atoms with E-state index < -0.39 is 23.6 Å². The van der Waals surface area contributed by atoms with Gasteiger partial charge in [0.15, 0.2) is 6.10 Å². The predicted octanol–water partition coefficient (Wildman–Crippen LogP) is 2.31. The highest BCUT2D eigenvalue weighted by Gasteiger charge is 2.23. The van der Waals surface area contributed by atoms with E-state index in [1.807, 2.05) is 6.07 Å². The summed E-state index contributed by atoms with van der Waals surface area (Å²) in [6, 6.07) is 9.62. The van der Waals surface area contributed by atoms with Gasteiger partial charge in [-0.25, -0.2) is 9.59 Å². The molecule has 25 heavy (non-hydrogen) atoms. The van der Waals surface area contributed by atoms with Crippen LogP contribution in [0.1, 0.15) is 34.2 Å². The van der Waals surface area contributed by atoms with E-state index in [9.17, 15) is 14.4 Å². The van der Waals surface area contributed by atoms with Gasteiger partial charge in [-0.15, -0.1) is 0 Å². The van der Waals surface area contributed by atoms with E-state index >= 15 is 0 Å². The molecular weight excluding hydrogens is 324 g/mol. The Morgan fingerprint density at radius 1 is 1.28 bits per heavy atom. The molecule has 2 aromatic rings. The van der Waals surface area contributed by atoms with Gasteiger partial charge in [-0.2, -0.15) is 5.26 Å². The molecule has 1 N–H and O–H groups in total. The minimum atomic E-state index is -1.11. The number of para-hydroxylation sites is 1. The van der Waals surface area contributed by atoms with Crippen molar-refractivity contribution in [3.05, 3.63) is 63.2 Å². The second-order valence-electron chi connectivity index (χ2n) is 5.37. The first-order chi connectivity index (χ1) is 11.8. The van der Waals surface area contributed by atoms with Crippen LogP contribution in [0.25, 0.3) is 0 Å². The summed E-state index contributed by atoms with van der Waals surface area (Å²) in [6.07, 6.45) is -1.11. The number of amides is 1. The number of ether oxygens (including phenoxy) is 1. The van der Waals surface area contributed by atoms with Crippen LogP contribution in [-0.4, -0.2) is 18.0 Å². The SMILES string of the molecule is Cc1cc(=O)oc(C)c1C(=O)OC(C)C(=O)Nc1ccccc1C#N. The molecule has 0 aliphatic carbocycles. The van der Waals surface area contributed by atoms with Crippen LogP contribution in [0.4, 0.5) is 5.69 Å². The van der Waals surface area contributed by atoms with Crippen LogP contribution in [0.15, 0.2) is 39.5 Å². The topological polar surface area (TPSA) is 109 Å². The number of nitrogens with zero attached hydrogens (tertiary/aromatic N) is 1. The molecule has 1 aromatic heterocycles. The van der Waals surface area contributed by atoms with Gasteiger partial charge in [-0.1, -0.05) is 12.1 Å². The Bertz CT molecular complexity index is 898. The summed E-state index contributed by atoms with van der Waals surface area (Å²) in [5, 5.41) is 11.6. The number of esters is 1. The molecule has 1 aromatic carbocycles. The normalized spacial score (nSPS) is 11.3. The molecule has 0 saturated carbocycles. The first-order valence-electron chi connectivity index (χ1n) is 7.45. The van der Waals surface area contributed by atoms with Gasteiger partial charge in [0.2, 0.25) is 0 Å². The molecule has 0 radical (unpaired) electrons. The predicted molar refractivity (Wildman–Crippen MR) is 89.1 cm³/mol. The summed E-state index contributed by atoms with van der Waals surface area (Å²) in [7, 11) is 0. The summed E-state index contributed by atoms with van der Waals surface area (Å²) in [5.74, 6) is -1.23. The van der Waals surface area contributed by atoms with E-state index in [-0.39, 0.29) is 11.3 Å². The third-order valence-corrected chi connectivity index (χ3v) is 3.50. The van der Waals surface area contributed by atoms with Gasteiger partial charge < -0.3 is 14.5 Å². The van der Waals surface area contributed by atoms with Crippen LogP contribution in [-0.2, 0) is 9.53 Å². The molecule has 0 fully saturated rings. The zero-order valence-corrected chi connectivity index (χ0v) is 14.0. The zero-order chi connectivity index (χ0) is 18.6. The van der Waals surface area contributed by atoms with Crippen molar-refractivity contribution in [3.63, 3.8) is 0 Å². The smallest absolute Gasteiger partial charge is 0.342 e. The van der Waals surface area contributed by atoms with Crippen molar-refractivity contribution < 1.29 is 18.7 Å². The second kappa shape index (κ2) is 7.45. The van der Waals surface area contributed by atoms with Gasteiger partial charge in [0, 0.05) is 6.07 Å². The first kappa shape index (κ1) is 17.9. The number of hydrogen-bond donors (Lipinski definition) is 1. The molecule has 0 saturated heterocycles. The van der Waals surface area contributed by atoms with Gasteiger partial charge >= 0.3 is 11.6 Å². The number of nitriles is 1. The van der Waals surface area contributed by atoms with Crippen LogP contribution in [0.5, 0.6) is 0 Å². The standard InChI is InChI=1S/C18H16N2O5/c1-10-8-15(21)24-11(2)16(10)18(23)25-12(3)17(22)20-14-7-5-4-6-13(14)9-19/h4-8,12H,1-3H3,(H,20,22). The lowest BCUT2D eigenvalue weighted by atomic mass is 10.1. The van der Waals surface area contributed by atoms with Crippen molar-refractivity contribution in [3.8, 4) is 6.07 Å². The van der Waals surface area contributed by atoms with Gasteiger partial charge in [-0.3, -0.25) is 4.79 Å². The van der Waals surface area contributed by atoms with E-state index in [0.29, 0.717) is 16.8 Å². The fourth-order valence-electron chi connectivity index (χ4n) is 2.26. The number of nitrogens with one attached hydrogen (secondary N) is 1. The Balaban J connectivity index is 2.13. The van der Waals surface area contributed by atoms with Crippen molar-refractivity contribution in [1.82, 2.24) is 0 Å². The molecule has 1 unspecified atom stereocenters. The fraction of sp³-hybridized carbons (Fsp3) is 0.222. The molecule has 0 bridgehead atoms. The number of benzene rings is 1. The van der Waals surface area contributed by atoms with E-state index in [0.717, 1.165) is 0 Å². The average Bonchev–Trinajstić information content (AvgIpc) is 2.54. The number of carbonyl (C=O) groups excluding carboxylic acids is 2. The quantitative estimate of drug-likeness (QED) is 0.855. The zero-order valence-electron chi connectivity index (χ0n) is 14.0. The fourth-order valence-corrected chi connectivity index (χ4v) is 2.26. The molecule has 128 valence electrons. The van der Waals surface area contributed by atoms with E-state index in [2.05, 4.69) is 5.32 Å². The van der Waals surface area contributed by atoms with Gasteiger partial charge in [0.05, 0.1) is 11.3 Å². The van der Waals surface area contributed by atoms with Crippen molar-refractivity contribution in [1.29, 1.82) is 5.26 Å². The average molecular weight is 340 g/mol. The molecule has 0 spiro atoms. The second-order valence-corrected chi connectivity index (χ2v) is 5.37. The van der Waals surface area contributed by atoms with Gasteiger partial charge in [-0.05, 0) is 38.5 Å². The molecule has 1 heterocycles. The van der Waals surface area contributed by atoms with Crippen LogP contribution in [0.2, 0.25) is 0 Å². The lowest BCUT2D eigenvalue weighted by molar-refractivity contribution is -0.123. The van der Waals surface area contributed by atoms with E-state index in [1.54, 1.807) is 31.2 Å². The van der Waals surface area contributed by atoms with E-state index in [1.165, 1.54) is 19.9 Å². The van der Waals surface area contributed by atoms with Gasteiger partial charge in [0.25, 0.3) is 5.91 Å². The molecule has 2 rings (SSSR count). The van der Waals surface area contributed by atoms with Crippen LogP contribution < -0.4 is 10.9 Å². The van der Waals surface area contributed by atoms with Crippen molar-refractivity contribution in [2.75, 3.05) is 5.32 Å². The summed E-state index contributed by atoms with van der Waals surface area (Å²) in [5.41, 5.74) is 0.574. The maximum Gasteiger partial charge on any atom is 0.342 e. The van der Waals surface area contributed by atoms with Crippen molar-refractivity contribution in [2.45, 2.75) is 26.9 Å². The third kappa shape index (κ3) is 4.12. The monoisotopic (exact) mass is 340 g/mol. The summed E-state index contributed by atoms with van der Waals surface area (Å²) in [6.45, 7) is 4.46. The van der Waals surface area contributed by atoms with Crippen LogP contribution >= 0.6 is 0 Å². The van der Waals surface area contributed by atoms with Crippen molar-refractivity contribution in [2.24, 2.45) is 0 Å². The van der Waals surface area contributed by atoms with Crippen LogP contribution in [0.3, 0.4) is 0 Å². The van der Waals surface area contributed by atoms with Crippen molar-refractivity contribution >= 4 is 17.6 Å². The number of carbonyl (C=O) groups is 2. The maximum absolute atomic E-state index is 12.3. The highest BCUT2D eigenvalue weighted by atomic mass is 16.5. The highest BCUT2D eigenvalue weighted by Crippen LogP contribution is 2.16. The molecule has 7 heteroatoms. The Labute approximate surface area is 143 Å². The third-order valence-electron chi connectivity index (χ3n) is 3.50. The summed E-state index contributed by atoms with van der Waals surface area (Å²) >= 11 is 0. The lowest BCUT2D eigenvalue weighted by Crippen LogP contribution is -2.30. The van der Waals surface area contributed by atoms with Gasteiger partial charge in [0.1, 0.15) is 17.4 Å². The number of rotatable bonds is 4. The Morgan fingerprint density at radius 2 is 1.96 bits per heavy atom. The lowest BCUT2D eigenvalue weighted by Gasteiger charge is -2.15. The number of hydrogen-bond acceptors (Lipinski definition) is 6. The number of anilines is 1. The molecule has 7 nitrogen and oxygen atoms in total. The Kier molecular flexibility index (Phi) is 5.35. The highest BCUT2D eigenvalue weighted by molar-refractivity contribution is 5.98. The molecular formula is C18H16N2O5. The largest absolute Gasteiger partial charge is 0.449 e. The molecule has 1 amide bonds. The molecule has 0 aliphatic heterocycles. The summed E-state index contributed by atoms with van der Waals surface area (Å²) < 4.78 is 10.0. The minimum absolute atomic E-state index is 0.108. The summed E-state index contributed by atoms with van der Waals surface area (Å²) in [4.78, 5) is 35.7. The maximum atomic E-state index is 12.3. The Morgan fingerprint density at radius 3 is 2.60 bits per heavy atom. The minimum Gasteiger partial charge on any atom is -0.449 e. The molecule has 1 atom stereocenters.